The molecule has 14 heteroatoms. The average Bonchev–Trinajstić information content (AvgIpc) is 3.05. The molecular weight excluding hydrogens is 664 g/mol. The van der Waals surface area contributed by atoms with Crippen molar-refractivity contribution in [1.82, 2.24) is 10.2 Å². The molecule has 300 valence electrons. The van der Waals surface area contributed by atoms with Gasteiger partial charge in [0, 0.05) is 31.5 Å². The first-order valence-electron chi connectivity index (χ1n) is 18.8. The number of ether oxygens (including phenoxy) is 6. The lowest BCUT2D eigenvalue weighted by molar-refractivity contribution is -0.318. The van der Waals surface area contributed by atoms with Crippen LogP contribution in [0.15, 0.2) is 0 Å². The van der Waals surface area contributed by atoms with Crippen LogP contribution in [0.3, 0.4) is 0 Å². The molecule has 3 fully saturated rings. The zero-order chi connectivity index (χ0) is 38.8. The quantitative estimate of drug-likeness (QED) is 0.207. The van der Waals surface area contributed by atoms with E-state index in [4.69, 9.17) is 28.4 Å². The number of aliphatic hydroxyl groups excluding tert-OH is 3. The van der Waals surface area contributed by atoms with Gasteiger partial charge in [-0.05, 0) is 94.3 Å². The Hall–Kier alpha value is -1.01. The van der Waals surface area contributed by atoms with Gasteiger partial charge in [0.1, 0.15) is 30.0 Å². The third kappa shape index (κ3) is 10.2. The molecule has 0 bridgehead atoms. The van der Waals surface area contributed by atoms with E-state index in [-0.39, 0.29) is 37.3 Å². The topological polar surface area (TPSA) is 189 Å². The summed E-state index contributed by atoms with van der Waals surface area (Å²) >= 11 is 0. The van der Waals surface area contributed by atoms with E-state index >= 15 is 0 Å². The van der Waals surface area contributed by atoms with Gasteiger partial charge in [0.15, 0.2) is 12.6 Å². The van der Waals surface area contributed by atoms with Crippen LogP contribution in [0.1, 0.15) is 94.9 Å². The zero-order valence-corrected chi connectivity index (χ0v) is 33.2. The number of nitrogens with zero attached hydrogens (tertiary/aromatic N) is 1. The SMILES string of the molecule is CC[C@@H]1OC(=O)[C@@H](C)C(OC2CC(C)(OC)C(O)C(C)O2)C(C)[C@H](OC2OC(C)CC(N(C)C)C2O)[C@@](C)(O)C[C@H](C)CN[C@@H](C)[C@H](O)[C@@]1(C)O. The highest BCUT2D eigenvalue weighted by molar-refractivity contribution is 5.73. The van der Waals surface area contributed by atoms with Crippen molar-refractivity contribution in [3.05, 3.63) is 0 Å². The molecule has 14 nitrogen and oxygen atoms in total. The molecule has 18 atom stereocenters. The first-order valence-corrected chi connectivity index (χ1v) is 18.8. The van der Waals surface area contributed by atoms with Gasteiger partial charge in [-0.15, -0.1) is 0 Å². The number of nitrogens with one attached hydrogen (secondary N) is 1. The molecule has 0 spiro atoms. The van der Waals surface area contributed by atoms with E-state index in [0.29, 0.717) is 13.0 Å². The second-order valence-electron chi connectivity index (χ2n) is 16.7. The van der Waals surface area contributed by atoms with E-state index < -0.39 is 96.0 Å². The van der Waals surface area contributed by atoms with Crippen LogP contribution in [-0.2, 0) is 33.2 Å². The Morgan fingerprint density at radius 3 is 2.14 bits per heavy atom. The minimum absolute atomic E-state index is 0.132. The summed E-state index contributed by atoms with van der Waals surface area (Å²) in [5.41, 5.74) is -4.37. The zero-order valence-electron chi connectivity index (χ0n) is 33.2. The first-order chi connectivity index (χ1) is 23.5. The predicted molar refractivity (Wildman–Crippen MR) is 190 cm³/mol. The molecule has 0 radical (unpaired) electrons. The number of rotatable bonds is 7. The highest BCUT2D eigenvalue weighted by atomic mass is 16.7. The Morgan fingerprint density at radius 1 is 0.941 bits per heavy atom. The van der Waals surface area contributed by atoms with Crippen molar-refractivity contribution in [2.24, 2.45) is 17.8 Å². The molecule has 0 aromatic heterocycles. The smallest absolute Gasteiger partial charge is 0.311 e. The predicted octanol–water partition coefficient (Wildman–Crippen LogP) is 1.56. The van der Waals surface area contributed by atoms with Gasteiger partial charge in [-0.1, -0.05) is 20.8 Å². The van der Waals surface area contributed by atoms with Crippen molar-refractivity contribution in [1.29, 1.82) is 0 Å². The number of hydrogen-bond acceptors (Lipinski definition) is 14. The van der Waals surface area contributed by atoms with Gasteiger partial charge in [0.25, 0.3) is 0 Å². The molecule has 0 aromatic carbocycles. The van der Waals surface area contributed by atoms with Gasteiger partial charge in [0.2, 0.25) is 0 Å². The molecular formula is C37H70N2O12. The monoisotopic (exact) mass is 734 g/mol. The van der Waals surface area contributed by atoms with Crippen LogP contribution in [0.5, 0.6) is 0 Å². The normalized spacial score (nSPS) is 49.9. The fourth-order valence-corrected chi connectivity index (χ4v) is 8.36. The summed E-state index contributed by atoms with van der Waals surface area (Å²) in [6.45, 7) is 17.8. The molecule has 3 aliphatic rings. The van der Waals surface area contributed by atoms with Crippen LogP contribution in [0, 0.1) is 17.8 Å². The summed E-state index contributed by atoms with van der Waals surface area (Å²) in [6, 6.07) is -0.858. The summed E-state index contributed by atoms with van der Waals surface area (Å²) in [6.07, 6.45) is -8.22. The van der Waals surface area contributed by atoms with Crippen LogP contribution in [-0.4, -0.2) is 154 Å². The highest BCUT2D eigenvalue weighted by Gasteiger charge is 2.52. The maximum absolute atomic E-state index is 14.1. The van der Waals surface area contributed by atoms with E-state index in [1.54, 1.807) is 41.5 Å². The second kappa shape index (κ2) is 17.6. The number of carbonyl (C=O) groups is 1. The second-order valence-corrected chi connectivity index (χ2v) is 16.7. The van der Waals surface area contributed by atoms with Gasteiger partial charge < -0.3 is 64.2 Å². The lowest BCUT2D eigenvalue weighted by atomic mass is 9.77. The van der Waals surface area contributed by atoms with Crippen molar-refractivity contribution in [2.75, 3.05) is 27.7 Å². The number of hydrogen-bond donors (Lipinski definition) is 6. The molecule has 6 N–H and O–H groups in total. The third-order valence-electron chi connectivity index (χ3n) is 11.7. The molecule has 51 heavy (non-hydrogen) atoms. The van der Waals surface area contributed by atoms with Crippen LogP contribution >= 0.6 is 0 Å². The van der Waals surface area contributed by atoms with Crippen LogP contribution in [0.4, 0.5) is 0 Å². The van der Waals surface area contributed by atoms with Crippen LogP contribution in [0.2, 0.25) is 0 Å². The molecule has 0 aliphatic carbocycles. The Balaban J connectivity index is 2.15. The fourth-order valence-electron chi connectivity index (χ4n) is 8.36. The number of aliphatic hydroxyl groups is 5. The lowest BCUT2D eigenvalue weighted by Crippen LogP contribution is -2.60. The number of cyclic esters (lactones) is 1. The van der Waals surface area contributed by atoms with Crippen LogP contribution in [0.25, 0.3) is 0 Å². The minimum atomic E-state index is -1.80. The maximum atomic E-state index is 14.1. The molecule has 0 aromatic rings. The first kappa shape index (κ1) is 44.4. The summed E-state index contributed by atoms with van der Waals surface area (Å²) in [5, 5.41) is 60.9. The number of esters is 1. The van der Waals surface area contributed by atoms with Gasteiger partial charge in [-0.3, -0.25) is 4.79 Å². The number of methoxy groups -OCH3 is 1. The molecule has 10 unspecified atom stereocenters. The number of likely N-dealkylation sites (N-methyl/N-ethyl adjacent to an activating group) is 1. The van der Waals surface area contributed by atoms with E-state index in [9.17, 15) is 30.3 Å². The summed E-state index contributed by atoms with van der Waals surface area (Å²) in [4.78, 5) is 16.1. The Bertz CT molecular complexity index is 1110. The Kier molecular flexibility index (Phi) is 15.3. The van der Waals surface area contributed by atoms with Gasteiger partial charge in [-0.2, -0.15) is 0 Å². The lowest BCUT2D eigenvalue weighted by Gasteiger charge is -2.48. The van der Waals surface area contributed by atoms with E-state index in [1.165, 1.54) is 14.0 Å². The highest BCUT2D eigenvalue weighted by Crippen LogP contribution is 2.40. The minimum Gasteiger partial charge on any atom is -0.459 e. The van der Waals surface area contributed by atoms with Crippen molar-refractivity contribution in [2.45, 2.75) is 185 Å². The van der Waals surface area contributed by atoms with Gasteiger partial charge in [0.05, 0.1) is 41.5 Å². The number of carbonyl (C=O) groups excluding carboxylic acids is 1. The Labute approximate surface area is 305 Å². The van der Waals surface area contributed by atoms with Gasteiger partial charge in [-0.25, -0.2) is 0 Å². The summed E-state index contributed by atoms with van der Waals surface area (Å²) in [7, 11) is 5.27. The van der Waals surface area contributed by atoms with Crippen molar-refractivity contribution < 1.29 is 58.7 Å². The Morgan fingerprint density at radius 2 is 1.57 bits per heavy atom. The molecule has 3 heterocycles. The maximum Gasteiger partial charge on any atom is 0.311 e. The van der Waals surface area contributed by atoms with Crippen molar-refractivity contribution >= 4 is 5.97 Å². The van der Waals surface area contributed by atoms with Crippen LogP contribution < -0.4 is 5.32 Å². The van der Waals surface area contributed by atoms with Crippen molar-refractivity contribution in [3.8, 4) is 0 Å². The molecule has 3 rings (SSSR count). The average molecular weight is 735 g/mol. The largest absolute Gasteiger partial charge is 0.459 e. The molecule has 0 amide bonds. The molecule has 3 saturated heterocycles. The summed E-state index contributed by atoms with van der Waals surface area (Å²) in [5.74, 6) is -2.60. The molecule has 3 aliphatic heterocycles. The van der Waals surface area contributed by atoms with E-state index in [0.717, 1.165) is 0 Å². The van der Waals surface area contributed by atoms with Crippen molar-refractivity contribution in [3.63, 3.8) is 0 Å². The fraction of sp³-hybridized carbons (Fsp3) is 0.973. The molecule has 0 saturated carbocycles. The summed E-state index contributed by atoms with van der Waals surface area (Å²) < 4.78 is 37.4. The standard InChI is InChI=1S/C37H70N2O12/c1-14-26-37(10,45)30(41)23(6)38-18-19(2)16-35(8,44)32(51-34-28(40)25(39(11)12)15-20(3)47-34)21(4)29(22(5)33(43)49-26)50-27-17-36(9,46-13)31(42)24(7)48-27/h19-32,34,38,40-42,44-45H,14-18H2,1-13H3/t19-,20?,21?,22-,23-,24?,25?,26-,27?,28?,29?,30-,31?,32-,34?,35-,36?,37-/m0/s1. The third-order valence-corrected chi connectivity index (χ3v) is 11.7. The van der Waals surface area contributed by atoms with Gasteiger partial charge >= 0.3 is 5.97 Å². The van der Waals surface area contributed by atoms with E-state index in [1.807, 2.05) is 39.8 Å². The van der Waals surface area contributed by atoms with E-state index in [2.05, 4.69) is 5.32 Å².